The van der Waals surface area contributed by atoms with Gasteiger partial charge in [-0.15, -0.1) is 0 Å². The molecule has 2 N–H and O–H groups in total. The molecule has 0 amide bonds. The maximum absolute atomic E-state index is 6.13. The second-order valence-electron chi connectivity index (χ2n) is 4.24. The minimum Gasteiger partial charge on any atom is -0.455 e. The van der Waals surface area contributed by atoms with Crippen LogP contribution in [0, 0.1) is 0 Å². The Labute approximate surface area is 125 Å². The standard InChI is InChI=1S/C15H10Cl2N2O/c16-11-2-1-3-14(15(11)17)20-13-6-7-19-12-8-9(18)4-5-10(12)13/h1-8H,18H2. The van der Waals surface area contributed by atoms with E-state index in [0.29, 0.717) is 27.2 Å². The molecule has 0 bridgehead atoms. The molecule has 0 spiro atoms. The Morgan fingerprint density at radius 1 is 1.00 bits per heavy atom. The van der Waals surface area contributed by atoms with Crippen LogP contribution in [-0.2, 0) is 0 Å². The van der Waals surface area contributed by atoms with Crippen molar-refractivity contribution in [2.24, 2.45) is 0 Å². The minimum absolute atomic E-state index is 0.384. The van der Waals surface area contributed by atoms with Gasteiger partial charge in [-0.3, -0.25) is 4.98 Å². The number of anilines is 1. The average Bonchev–Trinajstić information content (AvgIpc) is 2.44. The molecule has 0 atom stereocenters. The number of hydrogen-bond donors (Lipinski definition) is 1. The number of nitrogens with two attached hydrogens (primary N) is 1. The Hall–Kier alpha value is -1.97. The number of nitrogens with zero attached hydrogens (tertiary/aromatic N) is 1. The van der Waals surface area contributed by atoms with E-state index in [2.05, 4.69) is 4.98 Å². The van der Waals surface area contributed by atoms with Crippen molar-refractivity contribution >= 4 is 39.8 Å². The molecule has 3 aromatic rings. The van der Waals surface area contributed by atoms with E-state index < -0.39 is 0 Å². The fraction of sp³-hybridized carbons (Fsp3) is 0. The third-order valence-electron chi connectivity index (χ3n) is 2.86. The Balaban J connectivity index is 2.09. The van der Waals surface area contributed by atoms with Gasteiger partial charge in [0.25, 0.3) is 0 Å². The zero-order valence-corrected chi connectivity index (χ0v) is 11.8. The Kier molecular flexibility index (Phi) is 3.38. The van der Waals surface area contributed by atoms with Crippen LogP contribution in [0.4, 0.5) is 5.69 Å². The molecular formula is C15H10Cl2N2O. The van der Waals surface area contributed by atoms with Gasteiger partial charge in [-0.05, 0) is 36.4 Å². The monoisotopic (exact) mass is 304 g/mol. The lowest BCUT2D eigenvalue weighted by atomic mass is 10.2. The van der Waals surface area contributed by atoms with Gasteiger partial charge < -0.3 is 10.5 Å². The van der Waals surface area contributed by atoms with E-state index in [1.54, 1.807) is 42.6 Å². The number of pyridine rings is 1. The van der Waals surface area contributed by atoms with Crippen molar-refractivity contribution in [3.63, 3.8) is 0 Å². The number of aromatic nitrogens is 1. The summed E-state index contributed by atoms with van der Waals surface area (Å²) in [5.41, 5.74) is 7.17. The highest BCUT2D eigenvalue weighted by Gasteiger charge is 2.09. The van der Waals surface area contributed by atoms with E-state index in [1.807, 2.05) is 6.07 Å². The molecule has 0 aliphatic carbocycles. The molecule has 0 saturated carbocycles. The van der Waals surface area contributed by atoms with Crippen molar-refractivity contribution in [3.05, 3.63) is 58.7 Å². The SMILES string of the molecule is Nc1ccc2c(Oc3cccc(Cl)c3Cl)ccnc2c1. The summed E-state index contributed by atoms with van der Waals surface area (Å²) in [6, 6.07) is 12.5. The van der Waals surface area contributed by atoms with Crippen molar-refractivity contribution < 1.29 is 4.74 Å². The topological polar surface area (TPSA) is 48.1 Å². The van der Waals surface area contributed by atoms with E-state index >= 15 is 0 Å². The van der Waals surface area contributed by atoms with Gasteiger partial charge in [0.2, 0.25) is 0 Å². The summed E-state index contributed by atoms with van der Waals surface area (Å²) < 4.78 is 5.85. The summed E-state index contributed by atoms with van der Waals surface area (Å²) in [4.78, 5) is 4.27. The van der Waals surface area contributed by atoms with Crippen LogP contribution in [-0.4, -0.2) is 4.98 Å². The van der Waals surface area contributed by atoms with Gasteiger partial charge >= 0.3 is 0 Å². The normalized spacial score (nSPS) is 10.7. The Morgan fingerprint density at radius 3 is 2.70 bits per heavy atom. The van der Waals surface area contributed by atoms with Gasteiger partial charge in [0.05, 0.1) is 10.5 Å². The van der Waals surface area contributed by atoms with Crippen LogP contribution >= 0.6 is 23.2 Å². The minimum atomic E-state index is 0.384. The van der Waals surface area contributed by atoms with Crippen LogP contribution in [0.5, 0.6) is 11.5 Å². The van der Waals surface area contributed by atoms with Crippen LogP contribution in [0.25, 0.3) is 10.9 Å². The lowest BCUT2D eigenvalue weighted by molar-refractivity contribution is 0.488. The van der Waals surface area contributed by atoms with Gasteiger partial charge in [0, 0.05) is 17.3 Å². The number of halogens is 2. The quantitative estimate of drug-likeness (QED) is 0.684. The van der Waals surface area contributed by atoms with Crippen LogP contribution < -0.4 is 10.5 Å². The van der Waals surface area contributed by atoms with Crippen LogP contribution in [0.15, 0.2) is 48.7 Å². The molecule has 0 saturated heterocycles. The van der Waals surface area contributed by atoms with Crippen molar-refractivity contribution in [1.82, 2.24) is 4.98 Å². The van der Waals surface area contributed by atoms with Crippen molar-refractivity contribution in [3.8, 4) is 11.5 Å². The molecule has 0 aliphatic rings. The van der Waals surface area contributed by atoms with Gasteiger partial charge in [-0.2, -0.15) is 0 Å². The van der Waals surface area contributed by atoms with Gasteiger partial charge in [-0.25, -0.2) is 0 Å². The van der Waals surface area contributed by atoms with Gasteiger partial charge in [-0.1, -0.05) is 29.3 Å². The van der Waals surface area contributed by atoms with Gasteiger partial charge in [0.1, 0.15) is 16.5 Å². The van der Waals surface area contributed by atoms with E-state index in [0.717, 1.165) is 10.9 Å². The molecule has 20 heavy (non-hydrogen) atoms. The molecule has 3 rings (SSSR count). The molecule has 0 aliphatic heterocycles. The first-order valence-electron chi connectivity index (χ1n) is 5.91. The third kappa shape index (κ3) is 2.38. The second-order valence-corrected chi connectivity index (χ2v) is 5.02. The number of rotatable bonds is 2. The fourth-order valence-electron chi connectivity index (χ4n) is 1.91. The lowest BCUT2D eigenvalue weighted by Crippen LogP contribution is -1.90. The summed E-state index contributed by atoms with van der Waals surface area (Å²) >= 11 is 12.1. The zero-order valence-electron chi connectivity index (χ0n) is 10.3. The third-order valence-corrected chi connectivity index (χ3v) is 3.66. The maximum Gasteiger partial charge on any atom is 0.147 e. The molecular weight excluding hydrogens is 295 g/mol. The number of hydrogen-bond acceptors (Lipinski definition) is 3. The first kappa shape index (κ1) is 13.0. The van der Waals surface area contributed by atoms with Crippen LogP contribution in [0.1, 0.15) is 0 Å². The molecule has 3 nitrogen and oxygen atoms in total. The number of ether oxygens (including phenoxy) is 1. The summed E-state index contributed by atoms with van der Waals surface area (Å²) in [7, 11) is 0. The average molecular weight is 305 g/mol. The van der Waals surface area contributed by atoms with E-state index in [4.69, 9.17) is 33.7 Å². The molecule has 1 heterocycles. The predicted octanol–water partition coefficient (Wildman–Crippen LogP) is 4.92. The number of fused-ring (bicyclic) bond motifs is 1. The van der Waals surface area contributed by atoms with Crippen LogP contribution in [0.3, 0.4) is 0 Å². The zero-order chi connectivity index (χ0) is 14.1. The molecule has 1 aromatic heterocycles. The Morgan fingerprint density at radius 2 is 1.85 bits per heavy atom. The highest BCUT2D eigenvalue weighted by atomic mass is 35.5. The van der Waals surface area contributed by atoms with Crippen LogP contribution in [0.2, 0.25) is 10.0 Å². The first-order chi connectivity index (χ1) is 9.65. The fourth-order valence-corrected chi connectivity index (χ4v) is 2.24. The molecule has 2 aromatic carbocycles. The number of benzene rings is 2. The molecule has 100 valence electrons. The van der Waals surface area contributed by atoms with Crippen molar-refractivity contribution in [1.29, 1.82) is 0 Å². The molecule has 0 fully saturated rings. The second kappa shape index (κ2) is 5.19. The number of nitrogen functional groups attached to an aromatic ring is 1. The first-order valence-corrected chi connectivity index (χ1v) is 6.67. The summed E-state index contributed by atoms with van der Waals surface area (Å²) in [5.74, 6) is 1.16. The van der Waals surface area contributed by atoms with Gasteiger partial charge in [0.15, 0.2) is 0 Å². The summed E-state index contributed by atoms with van der Waals surface area (Å²) in [6.45, 7) is 0. The summed E-state index contributed by atoms with van der Waals surface area (Å²) in [5, 5.41) is 1.69. The largest absolute Gasteiger partial charge is 0.455 e. The van der Waals surface area contributed by atoms with E-state index in [-0.39, 0.29) is 0 Å². The molecule has 0 unspecified atom stereocenters. The highest BCUT2D eigenvalue weighted by Crippen LogP contribution is 2.36. The van der Waals surface area contributed by atoms with Crippen molar-refractivity contribution in [2.75, 3.05) is 5.73 Å². The smallest absolute Gasteiger partial charge is 0.147 e. The maximum atomic E-state index is 6.13. The Bertz CT molecular complexity index is 790. The molecule has 5 heteroatoms. The highest BCUT2D eigenvalue weighted by molar-refractivity contribution is 6.42. The summed E-state index contributed by atoms with van der Waals surface area (Å²) in [6.07, 6.45) is 1.66. The molecule has 0 radical (unpaired) electrons. The van der Waals surface area contributed by atoms with E-state index in [9.17, 15) is 0 Å². The predicted molar refractivity (Wildman–Crippen MR) is 82.7 cm³/mol. The van der Waals surface area contributed by atoms with Crippen molar-refractivity contribution in [2.45, 2.75) is 0 Å². The van der Waals surface area contributed by atoms with E-state index in [1.165, 1.54) is 0 Å². The lowest BCUT2D eigenvalue weighted by Gasteiger charge is -2.10.